The largest absolute Gasteiger partial charge is 0.381 e. The van der Waals surface area contributed by atoms with Gasteiger partial charge in [-0.05, 0) is 54.3 Å². The maximum absolute atomic E-state index is 9.20. The Bertz CT molecular complexity index is 706. The second-order valence-corrected chi connectivity index (χ2v) is 6.32. The Morgan fingerprint density at radius 3 is 2.75 bits per heavy atom. The summed E-state index contributed by atoms with van der Waals surface area (Å²) in [5.41, 5.74) is 4.18. The minimum Gasteiger partial charge on any atom is -0.381 e. The van der Waals surface area contributed by atoms with E-state index in [1.807, 2.05) is 30.3 Å². The number of fused-ring (bicyclic) bond motifs is 1. The summed E-state index contributed by atoms with van der Waals surface area (Å²) in [5.74, 6) is 0. The van der Waals surface area contributed by atoms with Crippen molar-refractivity contribution in [1.82, 2.24) is 0 Å². The van der Waals surface area contributed by atoms with Gasteiger partial charge in [-0.1, -0.05) is 33.6 Å². The van der Waals surface area contributed by atoms with Crippen LogP contribution in [0, 0.1) is 11.3 Å². The second kappa shape index (κ2) is 5.47. The molecule has 0 spiro atoms. The normalized spacial score (nSPS) is 16.6. The maximum Gasteiger partial charge on any atom is 0.101 e. The van der Waals surface area contributed by atoms with Gasteiger partial charge in [0, 0.05) is 15.5 Å². The fourth-order valence-corrected chi connectivity index (χ4v) is 3.20. The van der Waals surface area contributed by atoms with Crippen LogP contribution in [0.5, 0.6) is 0 Å². The zero-order valence-corrected chi connectivity index (χ0v) is 13.0. The Labute approximate surface area is 131 Å². The highest BCUT2D eigenvalue weighted by molar-refractivity contribution is 9.10. The molecular formula is C16H12BrClN2. The van der Waals surface area contributed by atoms with E-state index in [1.165, 1.54) is 11.1 Å². The van der Waals surface area contributed by atoms with Crippen molar-refractivity contribution in [2.45, 2.75) is 18.9 Å². The lowest BCUT2D eigenvalue weighted by molar-refractivity contribution is 0.774. The SMILES string of the molecule is N#Cc1cc(Br)ccc1NC1Cc2ccc(Cl)cc2C1. The highest BCUT2D eigenvalue weighted by Gasteiger charge is 2.22. The number of halogens is 2. The summed E-state index contributed by atoms with van der Waals surface area (Å²) < 4.78 is 0.918. The summed E-state index contributed by atoms with van der Waals surface area (Å²) in [7, 11) is 0. The van der Waals surface area contributed by atoms with Gasteiger partial charge in [0.15, 0.2) is 0 Å². The van der Waals surface area contributed by atoms with Gasteiger partial charge in [0.25, 0.3) is 0 Å². The zero-order valence-electron chi connectivity index (χ0n) is 10.7. The number of anilines is 1. The molecule has 20 heavy (non-hydrogen) atoms. The van der Waals surface area contributed by atoms with E-state index in [2.05, 4.69) is 33.4 Å². The van der Waals surface area contributed by atoms with Gasteiger partial charge in [0.1, 0.15) is 6.07 Å². The van der Waals surface area contributed by atoms with Crippen molar-refractivity contribution >= 4 is 33.2 Å². The molecule has 0 bridgehead atoms. The summed E-state index contributed by atoms with van der Waals surface area (Å²) in [6.45, 7) is 0. The summed E-state index contributed by atoms with van der Waals surface area (Å²) in [6.07, 6.45) is 1.91. The number of hydrogen-bond acceptors (Lipinski definition) is 2. The number of rotatable bonds is 2. The quantitative estimate of drug-likeness (QED) is 0.865. The van der Waals surface area contributed by atoms with Crippen LogP contribution in [0.1, 0.15) is 16.7 Å². The molecule has 1 atom stereocenters. The average Bonchev–Trinajstić information content (AvgIpc) is 2.82. The Balaban J connectivity index is 1.80. The van der Waals surface area contributed by atoms with Crippen LogP contribution >= 0.6 is 27.5 Å². The minimum absolute atomic E-state index is 0.316. The molecule has 2 nitrogen and oxygen atoms in total. The third kappa shape index (κ3) is 2.67. The zero-order chi connectivity index (χ0) is 14.1. The van der Waals surface area contributed by atoms with E-state index in [0.29, 0.717) is 11.6 Å². The van der Waals surface area contributed by atoms with Gasteiger partial charge in [-0.3, -0.25) is 0 Å². The molecule has 2 aromatic rings. The molecule has 2 aromatic carbocycles. The van der Waals surface area contributed by atoms with E-state index >= 15 is 0 Å². The van der Waals surface area contributed by atoms with Gasteiger partial charge in [-0.25, -0.2) is 0 Å². The molecule has 1 aliphatic rings. The number of nitrogens with zero attached hydrogens (tertiary/aromatic N) is 1. The first-order chi connectivity index (χ1) is 9.65. The lowest BCUT2D eigenvalue weighted by Crippen LogP contribution is -2.20. The first-order valence-corrected chi connectivity index (χ1v) is 7.56. The summed E-state index contributed by atoms with van der Waals surface area (Å²) in [4.78, 5) is 0. The monoisotopic (exact) mass is 346 g/mol. The Morgan fingerprint density at radius 1 is 1.15 bits per heavy atom. The number of nitriles is 1. The number of benzene rings is 2. The molecular weight excluding hydrogens is 336 g/mol. The highest BCUT2D eigenvalue weighted by Crippen LogP contribution is 2.28. The fraction of sp³-hybridized carbons (Fsp3) is 0.188. The van der Waals surface area contributed by atoms with Gasteiger partial charge in [-0.15, -0.1) is 0 Å². The molecule has 4 heteroatoms. The smallest absolute Gasteiger partial charge is 0.101 e. The first-order valence-electron chi connectivity index (χ1n) is 6.39. The molecule has 0 saturated heterocycles. The minimum atomic E-state index is 0.316. The van der Waals surface area contributed by atoms with Crippen LogP contribution in [0.2, 0.25) is 5.02 Å². The molecule has 1 aliphatic carbocycles. The van der Waals surface area contributed by atoms with Crippen LogP contribution in [0.25, 0.3) is 0 Å². The molecule has 0 aliphatic heterocycles. The van der Waals surface area contributed by atoms with Gasteiger partial charge in [0.05, 0.1) is 11.3 Å². The van der Waals surface area contributed by atoms with Crippen LogP contribution < -0.4 is 5.32 Å². The van der Waals surface area contributed by atoms with Crippen molar-refractivity contribution in [3.8, 4) is 6.07 Å². The third-order valence-electron chi connectivity index (χ3n) is 3.56. The second-order valence-electron chi connectivity index (χ2n) is 4.96. The Morgan fingerprint density at radius 2 is 1.95 bits per heavy atom. The van der Waals surface area contributed by atoms with Gasteiger partial charge in [0.2, 0.25) is 0 Å². The van der Waals surface area contributed by atoms with Gasteiger partial charge < -0.3 is 5.32 Å². The standard InChI is InChI=1S/C16H12BrClN2/c17-13-2-4-16(12(5-13)9-19)20-15-7-10-1-3-14(18)6-11(10)8-15/h1-6,15,20H,7-8H2. The topological polar surface area (TPSA) is 35.8 Å². The summed E-state index contributed by atoms with van der Waals surface area (Å²) in [6, 6.07) is 14.3. The van der Waals surface area contributed by atoms with E-state index in [9.17, 15) is 5.26 Å². The van der Waals surface area contributed by atoms with Crippen molar-refractivity contribution in [1.29, 1.82) is 5.26 Å². The average molecular weight is 348 g/mol. The van der Waals surface area contributed by atoms with Gasteiger partial charge in [-0.2, -0.15) is 5.26 Å². The van der Waals surface area contributed by atoms with Gasteiger partial charge >= 0.3 is 0 Å². The molecule has 0 fully saturated rings. The van der Waals surface area contributed by atoms with Crippen LogP contribution in [0.15, 0.2) is 40.9 Å². The van der Waals surface area contributed by atoms with E-state index < -0.39 is 0 Å². The molecule has 0 radical (unpaired) electrons. The number of nitrogens with one attached hydrogen (secondary N) is 1. The van der Waals surface area contributed by atoms with E-state index in [4.69, 9.17) is 11.6 Å². The van der Waals surface area contributed by atoms with Crippen LogP contribution in [0.4, 0.5) is 5.69 Å². The highest BCUT2D eigenvalue weighted by atomic mass is 79.9. The maximum atomic E-state index is 9.20. The fourth-order valence-electron chi connectivity index (χ4n) is 2.64. The molecule has 100 valence electrons. The predicted octanol–water partition coefficient (Wildman–Crippen LogP) is 4.55. The molecule has 0 heterocycles. The van der Waals surface area contributed by atoms with E-state index in [1.54, 1.807) is 0 Å². The molecule has 0 amide bonds. The van der Waals surface area contributed by atoms with Crippen LogP contribution in [-0.2, 0) is 12.8 Å². The van der Waals surface area contributed by atoms with Crippen molar-refractivity contribution in [2.24, 2.45) is 0 Å². The van der Waals surface area contributed by atoms with Crippen LogP contribution in [0.3, 0.4) is 0 Å². The van der Waals surface area contributed by atoms with Crippen molar-refractivity contribution < 1.29 is 0 Å². The molecule has 0 saturated carbocycles. The molecule has 1 N–H and O–H groups in total. The van der Waals surface area contributed by atoms with E-state index in [-0.39, 0.29) is 0 Å². The summed E-state index contributed by atoms with van der Waals surface area (Å²) in [5, 5.41) is 13.4. The third-order valence-corrected chi connectivity index (χ3v) is 4.29. The Hall–Kier alpha value is -1.50. The van der Waals surface area contributed by atoms with Crippen molar-refractivity contribution in [2.75, 3.05) is 5.32 Å². The first kappa shape index (κ1) is 13.5. The summed E-state index contributed by atoms with van der Waals surface area (Å²) >= 11 is 9.42. The lowest BCUT2D eigenvalue weighted by Gasteiger charge is -2.15. The predicted molar refractivity (Wildman–Crippen MR) is 85.1 cm³/mol. The molecule has 1 unspecified atom stereocenters. The number of hydrogen-bond donors (Lipinski definition) is 1. The van der Waals surface area contributed by atoms with Crippen LogP contribution in [-0.4, -0.2) is 6.04 Å². The van der Waals surface area contributed by atoms with Crippen molar-refractivity contribution in [3.05, 3.63) is 62.6 Å². The van der Waals surface area contributed by atoms with Crippen molar-refractivity contribution in [3.63, 3.8) is 0 Å². The molecule has 3 rings (SSSR count). The Kier molecular flexibility index (Phi) is 3.69. The molecule has 0 aromatic heterocycles. The van der Waals surface area contributed by atoms with E-state index in [0.717, 1.165) is 28.0 Å². The lowest BCUT2D eigenvalue weighted by atomic mass is 10.1.